The number of piperidine rings is 1. The summed E-state index contributed by atoms with van der Waals surface area (Å²) >= 11 is 0. The lowest BCUT2D eigenvalue weighted by molar-refractivity contribution is -0.143. The van der Waals surface area contributed by atoms with Gasteiger partial charge in [0.1, 0.15) is 0 Å². The van der Waals surface area contributed by atoms with Crippen LogP contribution in [0.15, 0.2) is 54.6 Å². The molecule has 1 aliphatic heterocycles. The first-order valence-electron chi connectivity index (χ1n) is 9.40. The third-order valence-corrected chi connectivity index (χ3v) is 5.02. The molecule has 1 N–H and O–H groups in total. The Labute approximate surface area is 155 Å². The quantitative estimate of drug-likeness (QED) is 0.735. The lowest BCUT2D eigenvalue weighted by Gasteiger charge is -2.30. The summed E-state index contributed by atoms with van der Waals surface area (Å²) in [5, 5.41) is 9.15. The number of hydrogen-bond acceptors (Lipinski definition) is 3. The van der Waals surface area contributed by atoms with Crippen molar-refractivity contribution in [1.82, 2.24) is 4.90 Å². The van der Waals surface area contributed by atoms with E-state index in [1.807, 2.05) is 6.07 Å². The van der Waals surface area contributed by atoms with E-state index >= 15 is 0 Å². The van der Waals surface area contributed by atoms with Crippen LogP contribution in [0, 0.1) is 5.92 Å². The molecule has 0 radical (unpaired) electrons. The molecule has 0 amide bonds. The number of likely N-dealkylation sites (tertiary alicyclic amines) is 1. The van der Waals surface area contributed by atoms with E-state index in [-0.39, 0.29) is 5.92 Å². The Bertz CT molecular complexity index is 702. The van der Waals surface area contributed by atoms with Gasteiger partial charge in [0, 0.05) is 13.1 Å². The first-order chi connectivity index (χ1) is 12.7. The smallest absolute Gasteiger partial charge is 0.307 e. The van der Waals surface area contributed by atoms with E-state index in [0.29, 0.717) is 19.8 Å². The summed E-state index contributed by atoms with van der Waals surface area (Å²) in [6.45, 7) is 3.77. The molecule has 0 aromatic heterocycles. The first-order valence-corrected chi connectivity index (χ1v) is 9.40. The molecule has 2 aromatic carbocycles. The number of rotatable bonds is 8. The van der Waals surface area contributed by atoms with Crippen LogP contribution < -0.4 is 0 Å². The molecule has 1 atom stereocenters. The summed E-state index contributed by atoms with van der Waals surface area (Å²) in [4.78, 5) is 13.3. The second-order valence-corrected chi connectivity index (χ2v) is 6.86. The standard InChI is InChI=1S/C22H27NO3/c24-22(25)20-10-6-13-23(17-20)14-16-26-15-12-19-9-4-5-11-21(19)18-7-2-1-3-8-18/h1-5,7-9,11,20H,6,10,12-17H2,(H,24,25)/t20-/m1/s1. The van der Waals surface area contributed by atoms with Gasteiger partial charge in [-0.15, -0.1) is 0 Å². The Kier molecular flexibility index (Phi) is 6.81. The van der Waals surface area contributed by atoms with Crippen LogP contribution in [0.2, 0.25) is 0 Å². The SMILES string of the molecule is O=C(O)[C@@H]1CCCN(CCOCCc2ccccc2-c2ccccc2)C1. The fraction of sp³-hybridized carbons (Fsp3) is 0.409. The molecule has 1 heterocycles. The third kappa shape index (κ3) is 5.16. The summed E-state index contributed by atoms with van der Waals surface area (Å²) in [5.74, 6) is -0.894. The van der Waals surface area contributed by atoms with E-state index in [0.717, 1.165) is 32.4 Å². The van der Waals surface area contributed by atoms with Gasteiger partial charge in [-0.3, -0.25) is 4.79 Å². The molecule has 0 spiro atoms. The van der Waals surface area contributed by atoms with Gasteiger partial charge in [0.05, 0.1) is 19.1 Å². The number of nitrogens with zero attached hydrogens (tertiary/aromatic N) is 1. The highest BCUT2D eigenvalue weighted by atomic mass is 16.5. The Morgan fingerprint density at radius 3 is 2.65 bits per heavy atom. The largest absolute Gasteiger partial charge is 0.481 e. The van der Waals surface area contributed by atoms with Gasteiger partial charge in [-0.1, -0.05) is 54.6 Å². The maximum atomic E-state index is 11.1. The Morgan fingerprint density at radius 1 is 1.08 bits per heavy atom. The van der Waals surface area contributed by atoms with Crippen LogP contribution in [0.3, 0.4) is 0 Å². The molecule has 4 heteroatoms. The van der Waals surface area contributed by atoms with Gasteiger partial charge in [0.15, 0.2) is 0 Å². The van der Waals surface area contributed by atoms with Gasteiger partial charge in [-0.2, -0.15) is 0 Å². The van der Waals surface area contributed by atoms with Crippen molar-refractivity contribution >= 4 is 5.97 Å². The molecule has 0 bridgehead atoms. The number of hydrogen-bond donors (Lipinski definition) is 1. The maximum Gasteiger partial charge on any atom is 0.307 e. The van der Waals surface area contributed by atoms with E-state index in [4.69, 9.17) is 9.84 Å². The van der Waals surface area contributed by atoms with Gasteiger partial charge in [0.25, 0.3) is 0 Å². The molecule has 4 nitrogen and oxygen atoms in total. The summed E-state index contributed by atoms with van der Waals surface area (Å²) in [6.07, 6.45) is 2.63. The number of aliphatic carboxylic acids is 1. The van der Waals surface area contributed by atoms with Crippen molar-refractivity contribution in [3.05, 3.63) is 60.2 Å². The first kappa shape index (κ1) is 18.6. The Morgan fingerprint density at radius 2 is 1.85 bits per heavy atom. The number of carboxylic acids is 1. The van der Waals surface area contributed by atoms with Crippen LogP contribution in [0.4, 0.5) is 0 Å². The van der Waals surface area contributed by atoms with E-state index in [1.54, 1.807) is 0 Å². The third-order valence-electron chi connectivity index (χ3n) is 5.02. The van der Waals surface area contributed by atoms with Crippen LogP contribution in [0.25, 0.3) is 11.1 Å². The van der Waals surface area contributed by atoms with E-state index in [1.165, 1.54) is 16.7 Å². The summed E-state index contributed by atoms with van der Waals surface area (Å²) < 4.78 is 5.84. The number of benzene rings is 2. The molecule has 0 unspecified atom stereocenters. The van der Waals surface area contributed by atoms with Crippen molar-refractivity contribution in [2.24, 2.45) is 5.92 Å². The number of carbonyl (C=O) groups is 1. The molecule has 26 heavy (non-hydrogen) atoms. The predicted octanol–water partition coefficient (Wildman–Crippen LogP) is 3.71. The molecule has 0 aliphatic carbocycles. The average Bonchev–Trinajstić information content (AvgIpc) is 2.69. The summed E-state index contributed by atoms with van der Waals surface area (Å²) in [6, 6.07) is 18.9. The summed E-state index contributed by atoms with van der Waals surface area (Å²) in [5.41, 5.74) is 3.79. The van der Waals surface area contributed by atoms with E-state index < -0.39 is 5.97 Å². The monoisotopic (exact) mass is 353 g/mol. The molecule has 1 aliphatic rings. The van der Waals surface area contributed by atoms with Crippen LogP contribution >= 0.6 is 0 Å². The molecular weight excluding hydrogens is 326 g/mol. The minimum absolute atomic E-state index is 0.221. The number of ether oxygens (including phenoxy) is 1. The van der Waals surface area contributed by atoms with Gasteiger partial charge >= 0.3 is 5.97 Å². The van der Waals surface area contributed by atoms with Crippen LogP contribution in [0.1, 0.15) is 18.4 Å². The van der Waals surface area contributed by atoms with Crippen molar-refractivity contribution in [2.45, 2.75) is 19.3 Å². The summed E-state index contributed by atoms with van der Waals surface area (Å²) in [7, 11) is 0. The zero-order valence-electron chi connectivity index (χ0n) is 15.1. The normalized spacial score (nSPS) is 17.9. The van der Waals surface area contributed by atoms with Crippen molar-refractivity contribution < 1.29 is 14.6 Å². The fourth-order valence-electron chi connectivity index (χ4n) is 3.58. The molecule has 3 rings (SSSR count). The van der Waals surface area contributed by atoms with E-state index in [2.05, 4.69) is 53.4 Å². The maximum absolute atomic E-state index is 11.1. The van der Waals surface area contributed by atoms with Gasteiger partial charge < -0.3 is 14.7 Å². The lowest BCUT2D eigenvalue weighted by atomic mass is 9.98. The Hall–Kier alpha value is -2.17. The minimum Gasteiger partial charge on any atom is -0.481 e. The van der Waals surface area contributed by atoms with Crippen molar-refractivity contribution in [3.63, 3.8) is 0 Å². The predicted molar refractivity (Wildman–Crippen MR) is 103 cm³/mol. The molecular formula is C22H27NO3. The topological polar surface area (TPSA) is 49.8 Å². The lowest BCUT2D eigenvalue weighted by Crippen LogP contribution is -2.40. The molecule has 1 saturated heterocycles. The molecule has 0 saturated carbocycles. The zero-order valence-corrected chi connectivity index (χ0v) is 15.1. The van der Waals surface area contributed by atoms with Crippen molar-refractivity contribution in [3.8, 4) is 11.1 Å². The number of carboxylic acid groups (broad SMARTS) is 1. The van der Waals surface area contributed by atoms with Crippen LogP contribution in [0.5, 0.6) is 0 Å². The van der Waals surface area contributed by atoms with Gasteiger partial charge in [-0.25, -0.2) is 0 Å². The van der Waals surface area contributed by atoms with Crippen LogP contribution in [-0.2, 0) is 16.0 Å². The average molecular weight is 353 g/mol. The van der Waals surface area contributed by atoms with E-state index in [9.17, 15) is 4.79 Å². The van der Waals surface area contributed by atoms with Crippen LogP contribution in [-0.4, -0.2) is 48.8 Å². The molecule has 2 aromatic rings. The Balaban J connectivity index is 1.44. The minimum atomic E-state index is -0.673. The highest BCUT2D eigenvalue weighted by Crippen LogP contribution is 2.23. The van der Waals surface area contributed by atoms with Crippen molar-refractivity contribution in [2.75, 3.05) is 32.8 Å². The molecule has 1 fully saturated rings. The fourth-order valence-corrected chi connectivity index (χ4v) is 3.58. The second-order valence-electron chi connectivity index (χ2n) is 6.86. The van der Waals surface area contributed by atoms with Gasteiger partial charge in [0.2, 0.25) is 0 Å². The zero-order chi connectivity index (χ0) is 18.2. The highest BCUT2D eigenvalue weighted by Gasteiger charge is 2.24. The second kappa shape index (κ2) is 9.51. The van der Waals surface area contributed by atoms with Gasteiger partial charge in [-0.05, 0) is 42.5 Å². The molecule has 138 valence electrons. The highest BCUT2D eigenvalue weighted by molar-refractivity contribution is 5.70. The van der Waals surface area contributed by atoms with Crippen molar-refractivity contribution in [1.29, 1.82) is 0 Å².